The van der Waals surface area contributed by atoms with Gasteiger partial charge in [-0.15, -0.1) is 0 Å². The summed E-state index contributed by atoms with van der Waals surface area (Å²) in [5, 5.41) is 11.4. The number of hydrogen-bond donors (Lipinski definition) is 2. The lowest BCUT2D eigenvalue weighted by Gasteiger charge is -2.17. The van der Waals surface area contributed by atoms with Gasteiger partial charge in [0.25, 0.3) is 5.91 Å². The zero-order chi connectivity index (χ0) is 13.0. The molecule has 1 heterocycles. The number of aryl methyl sites for hydroxylation is 1. The van der Waals surface area contributed by atoms with Gasteiger partial charge in [-0.05, 0) is 5.92 Å². The molecule has 1 aromatic rings. The van der Waals surface area contributed by atoms with Crippen LogP contribution in [0.5, 0.6) is 0 Å². The van der Waals surface area contributed by atoms with E-state index in [0.717, 1.165) is 0 Å². The number of nitrogens with zero attached hydrogens (tertiary/aromatic N) is 1. The summed E-state index contributed by atoms with van der Waals surface area (Å²) in [6.07, 6.45) is 1.71. The lowest BCUT2D eigenvalue weighted by molar-refractivity contribution is -0.140. The molecule has 0 bridgehead atoms. The average Bonchev–Trinajstić information content (AvgIpc) is 2.72. The molecule has 6 heteroatoms. The summed E-state index contributed by atoms with van der Waals surface area (Å²) in [6, 6.07) is -0.927. The Balaban J connectivity index is 2.81. The second-order valence-corrected chi connectivity index (χ2v) is 4.01. The van der Waals surface area contributed by atoms with Gasteiger partial charge in [0.1, 0.15) is 11.8 Å². The number of carbonyl (C=O) groups is 2. The number of aliphatic carboxylic acids is 1. The minimum atomic E-state index is -1.06. The smallest absolute Gasteiger partial charge is 0.326 e. The zero-order valence-corrected chi connectivity index (χ0v) is 10.1. The van der Waals surface area contributed by atoms with Gasteiger partial charge in [0.05, 0.1) is 0 Å². The second-order valence-electron chi connectivity index (χ2n) is 4.01. The summed E-state index contributed by atoms with van der Waals surface area (Å²) in [5.74, 6) is -1.32. The molecule has 6 nitrogen and oxygen atoms in total. The van der Waals surface area contributed by atoms with E-state index in [1.807, 2.05) is 6.92 Å². The molecule has 1 amide bonds. The number of oxazole rings is 1. The van der Waals surface area contributed by atoms with Gasteiger partial charge in [-0.25, -0.2) is 9.78 Å². The Hall–Kier alpha value is -1.85. The van der Waals surface area contributed by atoms with E-state index in [2.05, 4.69) is 10.3 Å². The van der Waals surface area contributed by atoms with Crippen molar-refractivity contribution in [3.8, 4) is 0 Å². The first-order valence-electron chi connectivity index (χ1n) is 5.43. The molecule has 17 heavy (non-hydrogen) atoms. The molecule has 1 rings (SSSR count). The van der Waals surface area contributed by atoms with Crippen molar-refractivity contribution < 1.29 is 19.1 Å². The number of nitrogens with one attached hydrogen (secondary N) is 1. The molecule has 0 saturated carbocycles. The highest BCUT2D eigenvalue weighted by Gasteiger charge is 2.26. The normalized spacial score (nSPS) is 12.5. The Kier molecular flexibility index (Phi) is 4.25. The van der Waals surface area contributed by atoms with E-state index < -0.39 is 17.9 Å². The Bertz CT molecular complexity index is 411. The topological polar surface area (TPSA) is 92.4 Å². The Morgan fingerprint density at radius 1 is 1.53 bits per heavy atom. The molecular weight excluding hydrogens is 224 g/mol. The van der Waals surface area contributed by atoms with Crippen molar-refractivity contribution in [2.45, 2.75) is 33.2 Å². The second kappa shape index (κ2) is 5.47. The fourth-order valence-corrected chi connectivity index (χ4v) is 1.43. The predicted octanol–water partition coefficient (Wildman–Crippen LogP) is 1.08. The van der Waals surface area contributed by atoms with E-state index in [1.54, 1.807) is 13.8 Å². The van der Waals surface area contributed by atoms with Gasteiger partial charge in [0.15, 0.2) is 12.1 Å². The molecule has 0 aromatic carbocycles. The van der Waals surface area contributed by atoms with Gasteiger partial charge in [-0.3, -0.25) is 4.79 Å². The Morgan fingerprint density at radius 3 is 2.65 bits per heavy atom. The summed E-state index contributed by atoms with van der Waals surface area (Å²) in [6.45, 7) is 5.28. The first kappa shape index (κ1) is 13.2. The largest absolute Gasteiger partial charge is 0.480 e. The van der Waals surface area contributed by atoms with Crippen molar-refractivity contribution in [3.05, 3.63) is 17.8 Å². The van der Waals surface area contributed by atoms with Crippen LogP contribution >= 0.6 is 0 Å². The molecule has 0 aliphatic carbocycles. The molecule has 1 atom stereocenters. The first-order valence-corrected chi connectivity index (χ1v) is 5.43. The van der Waals surface area contributed by atoms with Crippen molar-refractivity contribution >= 4 is 11.9 Å². The number of carbonyl (C=O) groups excluding carboxylic acids is 1. The predicted molar refractivity (Wildman–Crippen MR) is 59.6 cm³/mol. The van der Waals surface area contributed by atoms with Crippen molar-refractivity contribution in [3.63, 3.8) is 0 Å². The molecule has 0 spiro atoms. The van der Waals surface area contributed by atoms with Crippen LogP contribution in [0.2, 0.25) is 0 Å². The Labute approximate surface area is 99.0 Å². The summed E-state index contributed by atoms with van der Waals surface area (Å²) in [5.41, 5.74) is 0.152. The van der Waals surface area contributed by atoms with Crippen LogP contribution in [0.15, 0.2) is 10.8 Å². The molecule has 0 fully saturated rings. The maximum atomic E-state index is 11.8. The van der Waals surface area contributed by atoms with E-state index >= 15 is 0 Å². The van der Waals surface area contributed by atoms with Crippen LogP contribution in [0.25, 0.3) is 0 Å². The van der Waals surface area contributed by atoms with E-state index in [1.165, 1.54) is 6.39 Å². The van der Waals surface area contributed by atoms with Gasteiger partial charge in [-0.1, -0.05) is 20.8 Å². The maximum absolute atomic E-state index is 11.8. The van der Waals surface area contributed by atoms with Crippen molar-refractivity contribution in [2.75, 3.05) is 0 Å². The van der Waals surface area contributed by atoms with Gasteiger partial charge in [0.2, 0.25) is 0 Å². The van der Waals surface area contributed by atoms with E-state index in [-0.39, 0.29) is 11.6 Å². The lowest BCUT2D eigenvalue weighted by Crippen LogP contribution is -2.44. The number of rotatable bonds is 5. The maximum Gasteiger partial charge on any atom is 0.326 e. The van der Waals surface area contributed by atoms with Crippen molar-refractivity contribution in [1.29, 1.82) is 0 Å². The van der Waals surface area contributed by atoms with Crippen LogP contribution in [0, 0.1) is 5.92 Å². The van der Waals surface area contributed by atoms with Crippen LogP contribution in [0.4, 0.5) is 0 Å². The van der Waals surface area contributed by atoms with Gasteiger partial charge in [-0.2, -0.15) is 0 Å². The van der Waals surface area contributed by atoms with Crippen LogP contribution in [-0.4, -0.2) is 28.0 Å². The molecule has 0 radical (unpaired) electrons. The SMILES string of the molecule is CCc1ocnc1C(=O)N[C@@H](C(=O)O)C(C)C. The minimum absolute atomic E-state index is 0.152. The summed E-state index contributed by atoms with van der Waals surface area (Å²) >= 11 is 0. The molecule has 1 aromatic heterocycles. The van der Waals surface area contributed by atoms with E-state index in [4.69, 9.17) is 9.52 Å². The standard InChI is InChI=1S/C11H16N2O4/c1-4-7-9(12-5-17-7)10(14)13-8(6(2)3)11(15)16/h5-6,8H,4H2,1-3H3,(H,13,14)(H,15,16)/t8-/m1/s1. The first-order chi connectivity index (χ1) is 7.97. The fraction of sp³-hybridized carbons (Fsp3) is 0.545. The molecular formula is C11H16N2O4. The van der Waals surface area contributed by atoms with Gasteiger partial charge < -0.3 is 14.8 Å². The Morgan fingerprint density at radius 2 is 2.18 bits per heavy atom. The number of carboxylic acids is 1. The quantitative estimate of drug-likeness (QED) is 0.803. The highest BCUT2D eigenvalue weighted by atomic mass is 16.4. The molecule has 2 N–H and O–H groups in total. The minimum Gasteiger partial charge on any atom is -0.480 e. The third-order valence-corrected chi connectivity index (χ3v) is 2.40. The number of hydrogen-bond acceptors (Lipinski definition) is 4. The van der Waals surface area contributed by atoms with Crippen LogP contribution in [0.3, 0.4) is 0 Å². The molecule has 0 saturated heterocycles. The monoisotopic (exact) mass is 240 g/mol. The van der Waals surface area contributed by atoms with Gasteiger partial charge in [0, 0.05) is 6.42 Å². The van der Waals surface area contributed by atoms with Gasteiger partial charge >= 0.3 is 5.97 Å². The summed E-state index contributed by atoms with van der Waals surface area (Å²) < 4.78 is 5.02. The highest BCUT2D eigenvalue weighted by Crippen LogP contribution is 2.09. The summed E-state index contributed by atoms with van der Waals surface area (Å²) in [4.78, 5) is 26.5. The number of aromatic nitrogens is 1. The molecule has 0 aliphatic rings. The van der Waals surface area contributed by atoms with E-state index in [0.29, 0.717) is 12.2 Å². The highest BCUT2D eigenvalue weighted by molar-refractivity contribution is 5.95. The van der Waals surface area contributed by atoms with Crippen LogP contribution in [-0.2, 0) is 11.2 Å². The fourth-order valence-electron chi connectivity index (χ4n) is 1.43. The third kappa shape index (κ3) is 3.05. The zero-order valence-electron chi connectivity index (χ0n) is 10.1. The average molecular weight is 240 g/mol. The van der Waals surface area contributed by atoms with E-state index in [9.17, 15) is 9.59 Å². The molecule has 0 aliphatic heterocycles. The number of carboxylic acid groups (broad SMARTS) is 1. The van der Waals surface area contributed by atoms with Crippen LogP contribution in [0.1, 0.15) is 37.0 Å². The lowest BCUT2D eigenvalue weighted by atomic mass is 10.0. The molecule has 94 valence electrons. The molecule has 0 unspecified atom stereocenters. The summed E-state index contributed by atoms with van der Waals surface area (Å²) in [7, 11) is 0. The third-order valence-electron chi connectivity index (χ3n) is 2.40. The number of amides is 1. The van der Waals surface area contributed by atoms with Crippen LogP contribution < -0.4 is 5.32 Å². The van der Waals surface area contributed by atoms with Crippen molar-refractivity contribution in [2.24, 2.45) is 5.92 Å². The van der Waals surface area contributed by atoms with Crippen molar-refractivity contribution in [1.82, 2.24) is 10.3 Å².